The zero-order valence-corrected chi connectivity index (χ0v) is 10.4. The van der Waals surface area contributed by atoms with Crippen molar-refractivity contribution >= 4 is 21.9 Å². The van der Waals surface area contributed by atoms with Crippen molar-refractivity contribution in [2.24, 2.45) is 0 Å². The molecule has 98 valence electrons. The van der Waals surface area contributed by atoms with Crippen LogP contribution in [0.25, 0.3) is 21.9 Å². The zero-order chi connectivity index (χ0) is 13.6. The normalized spacial score (nSPS) is 11.1. The molecular weight excluding hydrogens is 248 g/mol. The van der Waals surface area contributed by atoms with Gasteiger partial charge in [0.15, 0.2) is 22.7 Å². The Balaban J connectivity index is 2.54. The number of benzene rings is 2. The van der Waals surface area contributed by atoms with Gasteiger partial charge in [-0.05, 0) is 12.1 Å². The van der Waals surface area contributed by atoms with Gasteiger partial charge < -0.3 is 24.1 Å². The summed E-state index contributed by atoms with van der Waals surface area (Å²) in [6, 6.07) is 6.72. The third-order valence-electron chi connectivity index (χ3n) is 3.09. The van der Waals surface area contributed by atoms with Gasteiger partial charge in [-0.15, -0.1) is 0 Å². The summed E-state index contributed by atoms with van der Waals surface area (Å²) in [6.07, 6.45) is 0. The molecule has 2 aromatic carbocycles. The third-order valence-corrected chi connectivity index (χ3v) is 3.09. The minimum Gasteiger partial charge on any atom is -0.504 e. The molecule has 0 aliphatic heterocycles. The highest BCUT2D eigenvalue weighted by Crippen LogP contribution is 2.47. The van der Waals surface area contributed by atoms with E-state index in [0.29, 0.717) is 16.6 Å². The van der Waals surface area contributed by atoms with Gasteiger partial charge in [0.1, 0.15) is 0 Å². The van der Waals surface area contributed by atoms with Gasteiger partial charge in [0.25, 0.3) is 0 Å². The predicted octanol–water partition coefficient (Wildman–Crippen LogP) is 3.01. The second kappa shape index (κ2) is 3.98. The Kier molecular flexibility index (Phi) is 2.41. The third kappa shape index (κ3) is 1.48. The number of para-hydroxylation sites is 1. The summed E-state index contributed by atoms with van der Waals surface area (Å²) in [7, 11) is 2.89. The molecule has 0 radical (unpaired) electrons. The Hall–Kier alpha value is -2.56. The van der Waals surface area contributed by atoms with Crippen LogP contribution in [0, 0.1) is 0 Å². The van der Waals surface area contributed by atoms with E-state index in [4.69, 9.17) is 13.9 Å². The van der Waals surface area contributed by atoms with E-state index in [0.717, 1.165) is 5.39 Å². The molecule has 1 aromatic heterocycles. The Morgan fingerprint density at radius 3 is 2.47 bits per heavy atom. The molecule has 3 aromatic rings. The Morgan fingerprint density at radius 1 is 1.00 bits per heavy atom. The van der Waals surface area contributed by atoms with Crippen molar-refractivity contribution in [1.82, 2.24) is 0 Å². The first-order valence-electron chi connectivity index (χ1n) is 5.65. The Morgan fingerprint density at radius 2 is 1.79 bits per heavy atom. The van der Waals surface area contributed by atoms with Gasteiger partial charge in [-0.2, -0.15) is 0 Å². The summed E-state index contributed by atoms with van der Waals surface area (Å²) < 4.78 is 15.9. The second-order valence-corrected chi connectivity index (χ2v) is 4.09. The highest BCUT2D eigenvalue weighted by Gasteiger charge is 2.20. The monoisotopic (exact) mass is 260 g/mol. The van der Waals surface area contributed by atoms with Crippen LogP contribution in [0.3, 0.4) is 0 Å². The van der Waals surface area contributed by atoms with Gasteiger partial charge >= 0.3 is 0 Å². The quantitative estimate of drug-likeness (QED) is 0.741. The molecule has 5 nitrogen and oxygen atoms in total. The number of hydrogen-bond acceptors (Lipinski definition) is 5. The van der Waals surface area contributed by atoms with Crippen LogP contribution >= 0.6 is 0 Å². The summed E-state index contributed by atoms with van der Waals surface area (Å²) in [5, 5.41) is 21.2. The van der Waals surface area contributed by atoms with E-state index in [9.17, 15) is 10.2 Å². The topological polar surface area (TPSA) is 72.1 Å². The first-order chi connectivity index (χ1) is 9.17. The van der Waals surface area contributed by atoms with Crippen LogP contribution in [-0.4, -0.2) is 24.4 Å². The number of rotatable bonds is 2. The summed E-state index contributed by atoms with van der Waals surface area (Å²) >= 11 is 0. The molecule has 1 heterocycles. The van der Waals surface area contributed by atoms with Crippen LogP contribution in [0.4, 0.5) is 0 Å². The molecule has 0 saturated heterocycles. The fourth-order valence-electron chi connectivity index (χ4n) is 2.20. The largest absolute Gasteiger partial charge is 0.504 e. The molecule has 0 aliphatic carbocycles. The number of methoxy groups -OCH3 is 2. The first-order valence-corrected chi connectivity index (χ1v) is 5.65. The van der Waals surface area contributed by atoms with Gasteiger partial charge in [-0.1, -0.05) is 12.1 Å². The van der Waals surface area contributed by atoms with Gasteiger partial charge in [-0.3, -0.25) is 0 Å². The van der Waals surface area contributed by atoms with Crippen molar-refractivity contribution in [1.29, 1.82) is 0 Å². The minimum absolute atomic E-state index is 0.0363. The predicted molar refractivity (Wildman–Crippen MR) is 70.2 cm³/mol. The van der Waals surface area contributed by atoms with Crippen LogP contribution in [-0.2, 0) is 0 Å². The van der Waals surface area contributed by atoms with Crippen molar-refractivity contribution in [2.45, 2.75) is 0 Å². The molecule has 3 rings (SSSR count). The van der Waals surface area contributed by atoms with E-state index in [1.165, 1.54) is 20.3 Å². The molecule has 2 N–H and O–H groups in total. The fraction of sp³-hybridized carbons (Fsp3) is 0.143. The number of aromatic hydroxyl groups is 2. The number of fused-ring (bicyclic) bond motifs is 3. The lowest BCUT2D eigenvalue weighted by molar-refractivity contribution is 0.340. The highest BCUT2D eigenvalue weighted by atomic mass is 16.5. The van der Waals surface area contributed by atoms with Crippen molar-refractivity contribution in [3.05, 3.63) is 24.3 Å². The van der Waals surface area contributed by atoms with Crippen molar-refractivity contribution in [2.75, 3.05) is 14.2 Å². The molecule has 0 saturated carbocycles. The fourth-order valence-corrected chi connectivity index (χ4v) is 2.20. The molecule has 0 unspecified atom stereocenters. The standard InChI is InChI=1S/C14H12O5/c1-17-10-6-8-7-4-3-5-9(15)12(7)19-13(8)14(18-2)11(10)16/h3-6,15-16H,1-2H3. The van der Waals surface area contributed by atoms with Crippen LogP contribution in [0.5, 0.6) is 23.0 Å². The summed E-state index contributed by atoms with van der Waals surface area (Å²) in [5.41, 5.74) is 0.723. The van der Waals surface area contributed by atoms with Crippen LogP contribution in [0.2, 0.25) is 0 Å². The molecule has 0 aliphatic rings. The lowest BCUT2D eigenvalue weighted by atomic mass is 10.1. The van der Waals surface area contributed by atoms with E-state index < -0.39 is 0 Å². The molecule has 0 bridgehead atoms. The zero-order valence-electron chi connectivity index (χ0n) is 10.4. The lowest BCUT2D eigenvalue weighted by Gasteiger charge is -2.08. The summed E-state index contributed by atoms with van der Waals surface area (Å²) in [6.45, 7) is 0. The van der Waals surface area contributed by atoms with E-state index in [-0.39, 0.29) is 23.0 Å². The number of phenols is 2. The number of ether oxygens (including phenoxy) is 2. The number of phenolic OH excluding ortho intramolecular Hbond substituents is 2. The van der Waals surface area contributed by atoms with Crippen LogP contribution in [0.1, 0.15) is 0 Å². The molecule has 0 atom stereocenters. The average molecular weight is 260 g/mol. The van der Waals surface area contributed by atoms with Crippen LogP contribution < -0.4 is 9.47 Å². The smallest absolute Gasteiger partial charge is 0.208 e. The number of hydrogen-bond donors (Lipinski definition) is 2. The summed E-state index contributed by atoms with van der Waals surface area (Å²) in [5.74, 6) is 0.380. The van der Waals surface area contributed by atoms with E-state index in [1.807, 2.05) is 6.07 Å². The van der Waals surface area contributed by atoms with Crippen molar-refractivity contribution in [3.63, 3.8) is 0 Å². The molecule has 0 amide bonds. The molecular formula is C14H12O5. The Bertz CT molecular complexity index is 772. The Labute approximate surface area is 108 Å². The van der Waals surface area contributed by atoms with Crippen molar-refractivity contribution < 1.29 is 24.1 Å². The maximum atomic E-state index is 10.0. The second-order valence-electron chi connectivity index (χ2n) is 4.09. The molecule has 19 heavy (non-hydrogen) atoms. The minimum atomic E-state index is -0.129. The van der Waals surface area contributed by atoms with Crippen molar-refractivity contribution in [3.8, 4) is 23.0 Å². The van der Waals surface area contributed by atoms with E-state index in [2.05, 4.69) is 0 Å². The van der Waals surface area contributed by atoms with E-state index >= 15 is 0 Å². The molecule has 0 fully saturated rings. The average Bonchev–Trinajstić information content (AvgIpc) is 2.78. The van der Waals surface area contributed by atoms with Gasteiger partial charge in [-0.25, -0.2) is 0 Å². The molecule has 5 heteroatoms. The first kappa shape index (κ1) is 11.5. The van der Waals surface area contributed by atoms with Gasteiger partial charge in [0, 0.05) is 10.8 Å². The lowest BCUT2D eigenvalue weighted by Crippen LogP contribution is -1.89. The maximum Gasteiger partial charge on any atom is 0.208 e. The summed E-state index contributed by atoms with van der Waals surface area (Å²) in [4.78, 5) is 0. The van der Waals surface area contributed by atoms with Gasteiger partial charge in [0.05, 0.1) is 14.2 Å². The van der Waals surface area contributed by atoms with E-state index in [1.54, 1.807) is 12.1 Å². The van der Waals surface area contributed by atoms with Gasteiger partial charge in [0.2, 0.25) is 11.5 Å². The highest BCUT2D eigenvalue weighted by molar-refractivity contribution is 6.10. The number of furan rings is 1. The maximum absolute atomic E-state index is 10.0. The SMILES string of the molecule is COc1cc2c(oc3c(O)cccc32)c(OC)c1O. The van der Waals surface area contributed by atoms with Crippen LogP contribution in [0.15, 0.2) is 28.7 Å². The molecule has 0 spiro atoms.